The normalized spacial score (nSPS) is 24.6. The Morgan fingerprint density at radius 1 is 1.44 bits per heavy atom. The molecule has 1 aliphatic heterocycles. The quantitative estimate of drug-likeness (QED) is 0.661. The molecule has 0 aromatic heterocycles. The molecule has 0 saturated carbocycles. The molecule has 1 heterocycles. The topological polar surface area (TPSA) is 49.3 Å². The molecule has 86 valence electrons. The predicted molar refractivity (Wildman–Crippen MR) is 70.7 cm³/mol. The second kappa shape index (κ2) is 5.14. The number of nitrogens with one attached hydrogen (secondary N) is 1. The molecule has 0 bridgehead atoms. The Kier molecular flexibility index (Phi) is 3.81. The third-order valence-electron chi connectivity index (χ3n) is 3.02. The van der Waals surface area contributed by atoms with E-state index in [0.717, 1.165) is 17.3 Å². The lowest BCUT2D eigenvalue weighted by atomic mass is 10.0. The molecule has 2 N–H and O–H groups in total. The summed E-state index contributed by atoms with van der Waals surface area (Å²) in [6, 6.07) is 8.06. The van der Waals surface area contributed by atoms with E-state index in [2.05, 4.69) is 40.0 Å². The molecular weight excluding hydrogens is 317 g/mol. The molecule has 1 unspecified atom stereocenters. The first-order valence-corrected chi connectivity index (χ1v) is 6.87. The zero-order valence-corrected chi connectivity index (χ0v) is 11.0. The molecule has 1 fully saturated rings. The van der Waals surface area contributed by atoms with Gasteiger partial charge in [0, 0.05) is 10.5 Å². The van der Waals surface area contributed by atoms with Crippen LogP contribution in [-0.4, -0.2) is 17.1 Å². The van der Waals surface area contributed by atoms with Crippen LogP contribution in [0.15, 0.2) is 24.3 Å². The van der Waals surface area contributed by atoms with Gasteiger partial charge in [-0.15, -0.1) is 0 Å². The predicted octanol–water partition coefficient (Wildman–Crippen LogP) is 2.50. The van der Waals surface area contributed by atoms with E-state index in [9.17, 15) is 4.79 Å². The monoisotopic (exact) mass is 331 g/mol. The summed E-state index contributed by atoms with van der Waals surface area (Å²) in [5.74, 6) is -0.741. The van der Waals surface area contributed by atoms with E-state index in [0.29, 0.717) is 0 Å². The number of alkyl halides is 1. The Labute approximate surface area is 108 Å². The third kappa shape index (κ3) is 2.38. The molecule has 1 aromatic rings. The van der Waals surface area contributed by atoms with Crippen molar-refractivity contribution in [3.63, 3.8) is 0 Å². The van der Waals surface area contributed by atoms with Crippen molar-refractivity contribution in [2.24, 2.45) is 0 Å². The highest BCUT2D eigenvalue weighted by Gasteiger charge is 2.30. The average Bonchev–Trinajstić information content (AvgIpc) is 2.78. The molecule has 1 aliphatic rings. The summed E-state index contributed by atoms with van der Waals surface area (Å²) in [5, 5.41) is 12.1. The Hall–Kier alpha value is -0.620. The van der Waals surface area contributed by atoms with Crippen molar-refractivity contribution in [1.82, 2.24) is 5.32 Å². The highest BCUT2D eigenvalue weighted by Crippen LogP contribution is 2.29. The van der Waals surface area contributed by atoms with Crippen molar-refractivity contribution in [3.05, 3.63) is 35.4 Å². The van der Waals surface area contributed by atoms with Gasteiger partial charge in [-0.3, -0.25) is 10.1 Å². The van der Waals surface area contributed by atoms with Gasteiger partial charge < -0.3 is 5.11 Å². The van der Waals surface area contributed by atoms with Crippen molar-refractivity contribution in [1.29, 1.82) is 0 Å². The lowest BCUT2D eigenvalue weighted by Gasteiger charge is -2.15. The molecule has 1 saturated heterocycles. The summed E-state index contributed by atoms with van der Waals surface area (Å²) in [6.07, 6.45) is 1.63. The molecule has 1 aromatic carbocycles. The first-order chi connectivity index (χ1) is 7.72. The largest absolute Gasteiger partial charge is 0.480 e. The standard InChI is InChI=1S/C12H14INO2/c13-7-8-3-1-2-4-9(8)10-5-6-11(14-10)12(15)16/h1-4,10-11,14H,5-7H2,(H,15,16)/t10-,11?/m1/s1. The van der Waals surface area contributed by atoms with Crippen LogP contribution in [0, 0.1) is 0 Å². The summed E-state index contributed by atoms with van der Waals surface area (Å²) in [7, 11) is 0. The molecule has 3 nitrogen and oxygen atoms in total. The van der Waals surface area contributed by atoms with Crippen LogP contribution in [0.2, 0.25) is 0 Å². The fourth-order valence-electron chi connectivity index (χ4n) is 2.18. The first kappa shape index (κ1) is 11.9. The first-order valence-electron chi connectivity index (χ1n) is 5.35. The lowest BCUT2D eigenvalue weighted by Crippen LogP contribution is -2.32. The molecule has 0 spiro atoms. The minimum absolute atomic E-state index is 0.201. The zero-order chi connectivity index (χ0) is 11.5. The van der Waals surface area contributed by atoms with Gasteiger partial charge in [-0.05, 0) is 24.0 Å². The molecule has 16 heavy (non-hydrogen) atoms. The van der Waals surface area contributed by atoms with Crippen LogP contribution < -0.4 is 5.32 Å². The molecule has 2 atom stereocenters. The van der Waals surface area contributed by atoms with Gasteiger partial charge in [-0.1, -0.05) is 46.9 Å². The molecular formula is C12H14INO2. The van der Waals surface area contributed by atoms with Crippen molar-refractivity contribution < 1.29 is 9.90 Å². The summed E-state index contributed by atoms with van der Waals surface area (Å²) < 4.78 is 0.962. The number of hydrogen-bond donors (Lipinski definition) is 2. The number of rotatable bonds is 3. The van der Waals surface area contributed by atoms with Crippen LogP contribution >= 0.6 is 22.6 Å². The number of carbonyl (C=O) groups is 1. The van der Waals surface area contributed by atoms with E-state index in [1.807, 2.05) is 12.1 Å². The van der Waals surface area contributed by atoms with E-state index in [-0.39, 0.29) is 12.1 Å². The Morgan fingerprint density at radius 2 is 2.19 bits per heavy atom. The van der Waals surface area contributed by atoms with Gasteiger partial charge in [-0.25, -0.2) is 0 Å². The van der Waals surface area contributed by atoms with E-state index in [4.69, 9.17) is 5.11 Å². The molecule has 0 radical (unpaired) electrons. The number of carboxylic acids is 1. The maximum atomic E-state index is 10.9. The molecule has 4 heteroatoms. The fourth-order valence-corrected chi connectivity index (χ4v) is 2.87. The van der Waals surface area contributed by atoms with Crippen LogP contribution in [0.4, 0.5) is 0 Å². The SMILES string of the molecule is O=C(O)C1CC[C@H](c2ccccc2CI)N1. The summed E-state index contributed by atoms with van der Waals surface area (Å²) >= 11 is 2.34. The van der Waals surface area contributed by atoms with E-state index >= 15 is 0 Å². The van der Waals surface area contributed by atoms with Crippen LogP contribution in [0.1, 0.15) is 30.0 Å². The summed E-state index contributed by atoms with van der Waals surface area (Å²) in [4.78, 5) is 10.9. The number of carboxylic acid groups (broad SMARTS) is 1. The van der Waals surface area contributed by atoms with Gasteiger partial charge in [0.2, 0.25) is 0 Å². The Bertz CT molecular complexity index is 394. The van der Waals surface area contributed by atoms with Gasteiger partial charge in [0.25, 0.3) is 0 Å². The van der Waals surface area contributed by atoms with Gasteiger partial charge in [0.1, 0.15) is 6.04 Å². The van der Waals surface area contributed by atoms with Gasteiger partial charge in [-0.2, -0.15) is 0 Å². The highest BCUT2D eigenvalue weighted by molar-refractivity contribution is 14.1. The van der Waals surface area contributed by atoms with Crippen LogP contribution in [0.25, 0.3) is 0 Å². The number of benzene rings is 1. The number of aliphatic carboxylic acids is 1. The van der Waals surface area contributed by atoms with Gasteiger partial charge in [0.15, 0.2) is 0 Å². The molecule has 0 aliphatic carbocycles. The minimum Gasteiger partial charge on any atom is -0.480 e. The van der Waals surface area contributed by atoms with E-state index in [1.54, 1.807) is 0 Å². The third-order valence-corrected chi connectivity index (χ3v) is 3.84. The van der Waals surface area contributed by atoms with Crippen molar-refractivity contribution in [2.45, 2.75) is 29.4 Å². The molecule has 0 amide bonds. The average molecular weight is 331 g/mol. The Balaban J connectivity index is 2.17. The maximum Gasteiger partial charge on any atom is 0.320 e. The van der Waals surface area contributed by atoms with Gasteiger partial charge in [0.05, 0.1) is 0 Å². The number of halogens is 1. The fraction of sp³-hybridized carbons (Fsp3) is 0.417. The van der Waals surface area contributed by atoms with Crippen molar-refractivity contribution >= 4 is 28.6 Å². The maximum absolute atomic E-state index is 10.9. The molecule has 2 rings (SSSR count). The summed E-state index contributed by atoms with van der Waals surface area (Å²) in [5.41, 5.74) is 2.55. The summed E-state index contributed by atoms with van der Waals surface area (Å²) in [6.45, 7) is 0. The zero-order valence-electron chi connectivity index (χ0n) is 8.82. The Morgan fingerprint density at radius 3 is 2.81 bits per heavy atom. The number of hydrogen-bond acceptors (Lipinski definition) is 2. The minimum atomic E-state index is -0.741. The second-order valence-electron chi connectivity index (χ2n) is 4.02. The van der Waals surface area contributed by atoms with Crippen LogP contribution in [0.3, 0.4) is 0 Å². The highest BCUT2D eigenvalue weighted by atomic mass is 127. The van der Waals surface area contributed by atoms with Crippen LogP contribution in [0.5, 0.6) is 0 Å². The van der Waals surface area contributed by atoms with Crippen molar-refractivity contribution in [3.8, 4) is 0 Å². The van der Waals surface area contributed by atoms with Gasteiger partial charge >= 0.3 is 5.97 Å². The lowest BCUT2D eigenvalue weighted by molar-refractivity contribution is -0.139. The van der Waals surface area contributed by atoms with Crippen molar-refractivity contribution in [2.75, 3.05) is 0 Å². The van der Waals surface area contributed by atoms with E-state index < -0.39 is 5.97 Å². The second-order valence-corrected chi connectivity index (χ2v) is 4.78. The van der Waals surface area contributed by atoms with E-state index in [1.165, 1.54) is 11.1 Å². The smallest absolute Gasteiger partial charge is 0.320 e. The van der Waals surface area contributed by atoms with Crippen LogP contribution in [-0.2, 0) is 9.22 Å².